The Kier molecular flexibility index (Phi) is 6.22. The van der Waals surface area contributed by atoms with E-state index < -0.39 is 0 Å². The van der Waals surface area contributed by atoms with Crippen molar-refractivity contribution >= 4 is 23.4 Å². The highest BCUT2D eigenvalue weighted by molar-refractivity contribution is 8.00. The minimum Gasteiger partial charge on any atom is -0.454 e. The molecule has 1 amide bonds. The van der Waals surface area contributed by atoms with Gasteiger partial charge in [0.1, 0.15) is 0 Å². The first-order chi connectivity index (χ1) is 16.1. The molecule has 1 aromatic carbocycles. The van der Waals surface area contributed by atoms with Crippen molar-refractivity contribution in [1.82, 2.24) is 19.7 Å². The molecular formula is C24H27N5O3S. The van der Waals surface area contributed by atoms with Gasteiger partial charge < -0.3 is 14.8 Å². The number of nitrogens with zero attached hydrogens (tertiary/aromatic N) is 4. The number of aromatic nitrogens is 4. The number of carbonyl (C=O) groups excluding carboxylic acids is 1. The van der Waals surface area contributed by atoms with E-state index in [1.165, 1.54) is 31.0 Å². The predicted molar refractivity (Wildman–Crippen MR) is 126 cm³/mol. The number of hydrogen-bond donors (Lipinski definition) is 1. The topological polar surface area (TPSA) is 91.2 Å². The summed E-state index contributed by atoms with van der Waals surface area (Å²) >= 11 is 1.44. The van der Waals surface area contributed by atoms with E-state index in [4.69, 9.17) is 9.47 Å². The number of fused-ring (bicyclic) bond motifs is 1. The highest BCUT2D eigenvalue weighted by Crippen LogP contribution is 2.40. The number of anilines is 1. The van der Waals surface area contributed by atoms with Crippen molar-refractivity contribution in [1.29, 1.82) is 0 Å². The van der Waals surface area contributed by atoms with Crippen LogP contribution in [0.1, 0.15) is 45.6 Å². The van der Waals surface area contributed by atoms with Crippen molar-refractivity contribution in [3.8, 4) is 22.9 Å². The Morgan fingerprint density at radius 1 is 1.18 bits per heavy atom. The smallest absolute Gasteiger partial charge is 0.237 e. The average molecular weight is 466 g/mol. The zero-order valence-electron chi connectivity index (χ0n) is 18.7. The van der Waals surface area contributed by atoms with Gasteiger partial charge in [0, 0.05) is 35.8 Å². The lowest BCUT2D eigenvalue weighted by molar-refractivity contribution is -0.115. The van der Waals surface area contributed by atoms with Crippen LogP contribution in [0.2, 0.25) is 0 Å². The highest BCUT2D eigenvalue weighted by atomic mass is 32.2. The van der Waals surface area contributed by atoms with Gasteiger partial charge in [-0.1, -0.05) is 31.5 Å². The number of pyridine rings is 1. The number of hydrogen-bond acceptors (Lipinski definition) is 7. The lowest BCUT2D eigenvalue weighted by atomic mass is 9.85. The van der Waals surface area contributed by atoms with Gasteiger partial charge in [0.05, 0.1) is 5.25 Å². The lowest BCUT2D eigenvalue weighted by Crippen LogP contribution is -2.25. The maximum absolute atomic E-state index is 13.0. The van der Waals surface area contributed by atoms with Crippen LogP contribution in [0.3, 0.4) is 0 Å². The van der Waals surface area contributed by atoms with Gasteiger partial charge >= 0.3 is 0 Å². The standard InChI is InChI=1S/C24H27N5O3S/c1-15-6-3-4-8-19(15)29-22(17-7-5-11-25-13-17)27-28-24(29)33-16(2)23(30)26-18-9-10-20-21(12-18)32-14-31-20/h5,7,9-13,15-16,19H,3-4,6,8,14H2,1-2H3,(H,26,30). The van der Waals surface area contributed by atoms with Crippen LogP contribution >= 0.6 is 11.8 Å². The molecule has 3 unspecified atom stereocenters. The van der Waals surface area contributed by atoms with Crippen LogP contribution in [0.25, 0.3) is 11.4 Å². The molecule has 0 saturated heterocycles. The fraction of sp³-hybridized carbons (Fsp3) is 0.417. The second-order valence-electron chi connectivity index (χ2n) is 8.56. The number of benzene rings is 1. The molecule has 1 aliphatic heterocycles. The molecule has 2 aliphatic rings. The number of carbonyl (C=O) groups is 1. The third-order valence-corrected chi connectivity index (χ3v) is 7.33. The van der Waals surface area contributed by atoms with E-state index in [2.05, 4.69) is 32.0 Å². The van der Waals surface area contributed by atoms with Gasteiger partial charge in [0.15, 0.2) is 22.5 Å². The summed E-state index contributed by atoms with van der Waals surface area (Å²) < 4.78 is 13.0. The van der Waals surface area contributed by atoms with Crippen LogP contribution in [0.4, 0.5) is 5.69 Å². The Bertz CT molecular complexity index is 1140. The minimum absolute atomic E-state index is 0.104. The summed E-state index contributed by atoms with van der Waals surface area (Å²) in [6, 6.07) is 9.62. The van der Waals surface area contributed by atoms with Gasteiger partial charge in [-0.05, 0) is 49.9 Å². The van der Waals surface area contributed by atoms with Gasteiger partial charge in [-0.15, -0.1) is 10.2 Å². The molecule has 0 spiro atoms. The predicted octanol–water partition coefficient (Wildman–Crippen LogP) is 4.94. The lowest BCUT2D eigenvalue weighted by Gasteiger charge is -2.31. The van der Waals surface area contributed by atoms with Crippen molar-refractivity contribution in [3.63, 3.8) is 0 Å². The van der Waals surface area contributed by atoms with Crippen LogP contribution in [-0.4, -0.2) is 37.7 Å². The first-order valence-electron chi connectivity index (χ1n) is 11.3. The molecule has 1 fully saturated rings. The number of ether oxygens (including phenoxy) is 2. The maximum atomic E-state index is 13.0. The molecule has 1 N–H and O–H groups in total. The normalized spacial score (nSPS) is 20.4. The van der Waals surface area contributed by atoms with Crippen LogP contribution in [0.5, 0.6) is 11.5 Å². The third-order valence-electron chi connectivity index (χ3n) is 6.27. The summed E-state index contributed by atoms with van der Waals surface area (Å²) in [5.74, 6) is 2.55. The summed E-state index contributed by atoms with van der Waals surface area (Å²) in [5.41, 5.74) is 1.61. The van der Waals surface area contributed by atoms with E-state index >= 15 is 0 Å². The van der Waals surface area contributed by atoms with Gasteiger partial charge in [0.2, 0.25) is 12.7 Å². The zero-order chi connectivity index (χ0) is 22.8. The quantitative estimate of drug-likeness (QED) is 0.516. The molecule has 33 heavy (non-hydrogen) atoms. The molecule has 0 bridgehead atoms. The molecule has 1 aliphatic carbocycles. The second kappa shape index (κ2) is 9.43. The van der Waals surface area contributed by atoms with E-state index in [0.29, 0.717) is 29.1 Å². The first-order valence-corrected chi connectivity index (χ1v) is 12.2. The largest absolute Gasteiger partial charge is 0.454 e. The first kappa shape index (κ1) is 21.8. The SMILES string of the molecule is CC(Sc1nnc(-c2cccnc2)n1C1CCCCC1C)C(=O)Nc1ccc2c(c1)OCO2. The fourth-order valence-electron chi connectivity index (χ4n) is 4.46. The second-order valence-corrected chi connectivity index (χ2v) is 9.87. The summed E-state index contributed by atoms with van der Waals surface area (Å²) in [7, 11) is 0. The molecule has 3 heterocycles. The highest BCUT2D eigenvalue weighted by Gasteiger charge is 2.30. The molecule has 3 aromatic rings. The zero-order valence-corrected chi connectivity index (χ0v) is 19.5. The monoisotopic (exact) mass is 465 g/mol. The van der Waals surface area contributed by atoms with Crippen LogP contribution in [0.15, 0.2) is 47.9 Å². The Morgan fingerprint density at radius 2 is 2.03 bits per heavy atom. The van der Waals surface area contributed by atoms with E-state index in [-0.39, 0.29) is 18.0 Å². The fourth-order valence-corrected chi connectivity index (χ4v) is 5.36. The summed E-state index contributed by atoms with van der Waals surface area (Å²) in [4.78, 5) is 17.2. The molecule has 0 radical (unpaired) electrons. The van der Waals surface area contributed by atoms with Crippen molar-refractivity contribution < 1.29 is 14.3 Å². The van der Waals surface area contributed by atoms with Crippen molar-refractivity contribution in [2.24, 2.45) is 5.92 Å². The molecule has 172 valence electrons. The number of rotatable bonds is 6. The molecule has 1 saturated carbocycles. The molecule has 5 rings (SSSR count). The Hall–Kier alpha value is -3.07. The van der Waals surface area contributed by atoms with Crippen molar-refractivity contribution in [2.45, 2.75) is 56.0 Å². The van der Waals surface area contributed by atoms with Crippen LogP contribution in [0, 0.1) is 5.92 Å². The number of amides is 1. The van der Waals surface area contributed by atoms with E-state index in [1.54, 1.807) is 18.3 Å². The van der Waals surface area contributed by atoms with Gasteiger partial charge in [-0.2, -0.15) is 0 Å². The molecule has 2 aromatic heterocycles. The molecule has 8 nitrogen and oxygen atoms in total. The maximum Gasteiger partial charge on any atom is 0.237 e. The third kappa shape index (κ3) is 4.55. The molecule has 9 heteroatoms. The summed E-state index contributed by atoms with van der Waals surface area (Å²) in [6.07, 6.45) is 8.27. The van der Waals surface area contributed by atoms with Crippen molar-refractivity contribution in [2.75, 3.05) is 12.1 Å². The van der Waals surface area contributed by atoms with Gasteiger partial charge in [-0.25, -0.2) is 0 Å². The van der Waals surface area contributed by atoms with Crippen molar-refractivity contribution in [3.05, 3.63) is 42.7 Å². The van der Waals surface area contributed by atoms with E-state index in [9.17, 15) is 4.79 Å². The summed E-state index contributed by atoms with van der Waals surface area (Å²) in [5, 5.41) is 12.4. The number of thioether (sulfide) groups is 1. The molecular weight excluding hydrogens is 438 g/mol. The molecule has 3 atom stereocenters. The minimum atomic E-state index is -0.362. The summed E-state index contributed by atoms with van der Waals surface area (Å²) in [6.45, 7) is 4.38. The van der Waals surface area contributed by atoms with Gasteiger partial charge in [0.25, 0.3) is 0 Å². The van der Waals surface area contributed by atoms with Crippen LogP contribution < -0.4 is 14.8 Å². The average Bonchev–Trinajstić information content (AvgIpc) is 3.46. The van der Waals surface area contributed by atoms with E-state index in [0.717, 1.165) is 23.0 Å². The van der Waals surface area contributed by atoms with Gasteiger partial charge in [-0.3, -0.25) is 14.3 Å². The van der Waals surface area contributed by atoms with E-state index in [1.807, 2.05) is 31.3 Å². The Labute approximate surface area is 197 Å². The van der Waals surface area contributed by atoms with Crippen LogP contribution in [-0.2, 0) is 4.79 Å². The Morgan fingerprint density at radius 3 is 2.85 bits per heavy atom. The number of nitrogens with one attached hydrogen (secondary N) is 1. The Balaban J connectivity index is 1.38.